The van der Waals surface area contributed by atoms with E-state index in [0.29, 0.717) is 21.4 Å². The lowest BCUT2D eigenvalue weighted by Crippen LogP contribution is -2.36. The summed E-state index contributed by atoms with van der Waals surface area (Å²) < 4.78 is 0. The summed E-state index contributed by atoms with van der Waals surface area (Å²) in [5.41, 5.74) is 3.06. The Balaban J connectivity index is 2.22. The summed E-state index contributed by atoms with van der Waals surface area (Å²) in [4.78, 5) is 25.8. The van der Waals surface area contributed by atoms with Gasteiger partial charge in [0.15, 0.2) is 0 Å². The van der Waals surface area contributed by atoms with Crippen molar-refractivity contribution in [1.82, 2.24) is 0 Å². The van der Waals surface area contributed by atoms with Crippen molar-refractivity contribution in [3.05, 3.63) is 57.6 Å². The van der Waals surface area contributed by atoms with Crippen LogP contribution in [0.3, 0.4) is 0 Å². The molecule has 2 rings (SSSR count). The molecule has 2 aromatic rings. The minimum Gasteiger partial charge on any atom is -0.322 e. The molecule has 0 heterocycles. The van der Waals surface area contributed by atoms with Gasteiger partial charge in [0.05, 0.1) is 15.7 Å². The second kappa shape index (κ2) is 7.69. The number of para-hydroxylation sites is 1. The van der Waals surface area contributed by atoms with Gasteiger partial charge in [-0.2, -0.15) is 0 Å². The maximum atomic E-state index is 12.4. The van der Waals surface area contributed by atoms with Gasteiger partial charge in [0, 0.05) is 12.6 Å². The third-order valence-corrected chi connectivity index (χ3v) is 4.06. The van der Waals surface area contributed by atoms with E-state index in [1.54, 1.807) is 18.2 Å². The molecule has 0 unspecified atom stereocenters. The number of hydrogen-bond acceptors (Lipinski definition) is 2. The van der Waals surface area contributed by atoms with Crippen LogP contribution in [0.2, 0.25) is 10.0 Å². The Morgan fingerprint density at radius 2 is 1.58 bits per heavy atom. The lowest BCUT2D eigenvalue weighted by Gasteiger charge is -2.22. The quantitative estimate of drug-likeness (QED) is 0.861. The number of anilines is 2. The van der Waals surface area contributed by atoms with E-state index < -0.39 is 0 Å². The summed E-state index contributed by atoms with van der Waals surface area (Å²) in [7, 11) is 0. The number of benzene rings is 2. The lowest BCUT2D eigenvalue weighted by molar-refractivity contribution is -0.120. The minimum absolute atomic E-state index is 0.125. The molecule has 24 heavy (non-hydrogen) atoms. The van der Waals surface area contributed by atoms with Crippen LogP contribution >= 0.6 is 23.2 Å². The fraction of sp³-hybridized carbons (Fsp3) is 0.222. The highest BCUT2D eigenvalue weighted by molar-refractivity contribution is 6.39. The first kappa shape index (κ1) is 18.3. The van der Waals surface area contributed by atoms with Gasteiger partial charge < -0.3 is 10.2 Å². The van der Waals surface area contributed by atoms with Gasteiger partial charge in [0.25, 0.3) is 0 Å². The number of amides is 2. The molecule has 0 spiro atoms. The zero-order valence-electron chi connectivity index (χ0n) is 13.7. The Morgan fingerprint density at radius 3 is 2.08 bits per heavy atom. The average Bonchev–Trinajstić information content (AvgIpc) is 2.47. The number of rotatable bonds is 4. The summed E-state index contributed by atoms with van der Waals surface area (Å²) in [6.07, 6.45) is 0. The van der Waals surface area contributed by atoms with E-state index in [-0.39, 0.29) is 18.4 Å². The molecule has 2 aromatic carbocycles. The molecule has 6 heteroatoms. The number of carbonyl (C=O) groups is 2. The highest BCUT2D eigenvalue weighted by Crippen LogP contribution is 2.29. The van der Waals surface area contributed by atoms with Gasteiger partial charge in [-0.3, -0.25) is 9.59 Å². The van der Waals surface area contributed by atoms with Crippen molar-refractivity contribution in [2.75, 3.05) is 16.8 Å². The first-order chi connectivity index (χ1) is 11.3. The molecular formula is C18H18Cl2N2O2. The lowest BCUT2D eigenvalue weighted by atomic mass is 10.1. The van der Waals surface area contributed by atoms with Crippen molar-refractivity contribution in [3.8, 4) is 0 Å². The smallest absolute Gasteiger partial charge is 0.244 e. The van der Waals surface area contributed by atoms with Gasteiger partial charge in [-0.05, 0) is 49.2 Å². The minimum atomic E-state index is -0.376. The third kappa shape index (κ3) is 4.49. The fourth-order valence-electron chi connectivity index (χ4n) is 2.43. The SMILES string of the molecule is CC(=O)N(CC(=O)Nc1c(Cl)cccc1Cl)c1cc(C)cc(C)c1. The predicted octanol–water partition coefficient (Wildman–Crippen LogP) is 4.60. The summed E-state index contributed by atoms with van der Waals surface area (Å²) in [6, 6.07) is 10.7. The topological polar surface area (TPSA) is 49.4 Å². The van der Waals surface area contributed by atoms with Gasteiger partial charge in [-0.15, -0.1) is 0 Å². The van der Waals surface area contributed by atoms with Crippen LogP contribution in [-0.2, 0) is 9.59 Å². The Bertz CT molecular complexity index is 750. The Morgan fingerprint density at radius 1 is 1.04 bits per heavy atom. The summed E-state index contributed by atoms with van der Waals surface area (Å²) >= 11 is 12.1. The van der Waals surface area contributed by atoms with E-state index in [9.17, 15) is 9.59 Å². The van der Waals surface area contributed by atoms with Crippen molar-refractivity contribution >= 4 is 46.4 Å². The van der Waals surface area contributed by atoms with Crippen LogP contribution in [0.25, 0.3) is 0 Å². The number of halogens is 2. The van der Waals surface area contributed by atoms with Crippen molar-refractivity contribution in [2.45, 2.75) is 20.8 Å². The van der Waals surface area contributed by atoms with E-state index in [2.05, 4.69) is 5.32 Å². The highest BCUT2D eigenvalue weighted by Gasteiger charge is 2.18. The average molecular weight is 365 g/mol. The largest absolute Gasteiger partial charge is 0.322 e. The first-order valence-corrected chi connectivity index (χ1v) is 8.14. The van der Waals surface area contributed by atoms with Gasteiger partial charge in [-0.1, -0.05) is 35.3 Å². The molecule has 0 aliphatic heterocycles. The Kier molecular flexibility index (Phi) is 5.86. The molecule has 2 amide bonds. The second-order valence-corrected chi connectivity index (χ2v) is 6.41. The Labute approximate surface area is 151 Å². The van der Waals surface area contributed by atoms with E-state index in [4.69, 9.17) is 23.2 Å². The van der Waals surface area contributed by atoms with Crippen LogP contribution in [0.1, 0.15) is 18.1 Å². The van der Waals surface area contributed by atoms with E-state index in [1.807, 2.05) is 32.0 Å². The highest BCUT2D eigenvalue weighted by atomic mass is 35.5. The van der Waals surface area contributed by atoms with E-state index in [1.165, 1.54) is 11.8 Å². The monoisotopic (exact) mass is 364 g/mol. The van der Waals surface area contributed by atoms with E-state index in [0.717, 1.165) is 11.1 Å². The van der Waals surface area contributed by atoms with Crippen molar-refractivity contribution < 1.29 is 9.59 Å². The number of nitrogens with one attached hydrogen (secondary N) is 1. The normalized spacial score (nSPS) is 10.4. The summed E-state index contributed by atoms with van der Waals surface area (Å²) in [5, 5.41) is 3.35. The third-order valence-electron chi connectivity index (χ3n) is 3.43. The fourth-order valence-corrected chi connectivity index (χ4v) is 2.92. The van der Waals surface area contributed by atoms with Crippen LogP contribution in [0.4, 0.5) is 11.4 Å². The van der Waals surface area contributed by atoms with E-state index >= 15 is 0 Å². The van der Waals surface area contributed by atoms with Gasteiger partial charge in [-0.25, -0.2) is 0 Å². The van der Waals surface area contributed by atoms with Crippen molar-refractivity contribution in [1.29, 1.82) is 0 Å². The molecular weight excluding hydrogens is 347 g/mol. The second-order valence-electron chi connectivity index (χ2n) is 5.60. The molecule has 1 N–H and O–H groups in total. The molecule has 0 saturated heterocycles. The zero-order chi connectivity index (χ0) is 17.9. The molecule has 0 fully saturated rings. The van der Waals surface area contributed by atoms with Crippen molar-refractivity contribution in [2.24, 2.45) is 0 Å². The van der Waals surface area contributed by atoms with Crippen molar-refractivity contribution in [3.63, 3.8) is 0 Å². The molecule has 0 bridgehead atoms. The molecule has 0 atom stereocenters. The van der Waals surface area contributed by atoms with Crippen LogP contribution in [0.5, 0.6) is 0 Å². The summed E-state index contributed by atoms with van der Waals surface area (Å²) in [6.45, 7) is 5.18. The van der Waals surface area contributed by atoms with Crippen LogP contribution in [0.15, 0.2) is 36.4 Å². The van der Waals surface area contributed by atoms with Crippen LogP contribution in [-0.4, -0.2) is 18.4 Å². The zero-order valence-corrected chi connectivity index (χ0v) is 15.2. The first-order valence-electron chi connectivity index (χ1n) is 7.38. The number of aryl methyl sites for hydroxylation is 2. The molecule has 126 valence electrons. The molecule has 0 saturated carbocycles. The predicted molar refractivity (Wildman–Crippen MR) is 99.0 cm³/mol. The number of hydrogen-bond donors (Lipinski definition) is 1. The number of nitrogens with zero attached hydrogens (tertiary/aromatic N) is 1. The molecule has 0 aromatic heterocycles. The van der Waals surface area contributed by atoms with Gasteiger partial charge in [0.2, 0.25) is 11.8 Å². The maximum absolute atomic E-state index is 12.4. The molecule has 0 aliphatic carbocycles. The molecule has 0 aliphatic rings. The van der Waals surface area contributed by atoms with Crippen LogP contribution in [0, 0.1) is 13.8 Å². The van der Waals surface area contributed by atoms with Gasteiger partial charge in [0.1, 0.15) is 6.54 Å². The maximum Gasteiger partial charge on any atom is 0.244 e. The van der Waals surface area contributed by atoms with Gasteiger partial charge >= 0.3 is 0 Å². The standard InChI is InChI=1S/C18H18Cl2N2O2/c1-11-7-12(2)9-14(8-11)22(13(3)23)10-17(24)21-18-15(19)5-4-6-16(18)20/h4-9H,10H2,1-3H3,(H,21,24). The van der Waals surface area contributed by atoms with Crippen LogP contribution < -0.4 is 10.2 Å². The summed E-state index contributed by atoms with van der Waals surface area (Å²) in [5.74, 6) is -0.597. The molecule has 0 radical (unpaired) electrons. The Hall–Kier alpha value is -2.04. The number of carbonyl (C=O) groups excluding carboxylic acids is 2. The molecule has 4 nitrogen and oxygen atoms in total.